The Hall–Kier alpha value is -0.820. The Morgan fingerprint density at radius 3 is 1.39 bits per heavy atom. The molecule has 0 bridgehead atoms. The molecule has 0 aromatic heterocycles. The SMILES string of the molecule is CCCCCC.CCOCC.Cc1ccccc1. The number of aryl methyl sites for hydroxylation is 1. The van der Waals surface area contributed by atoms with Crippen LogP contribution in [0.1, 0.15) is 58.9 Å². The molecule has 0 fully saturated rings. The van der Waals surface area contributed by atoms with Crippen molar-refractivity contribution >= 4 is 0 Å². The fourth-order valence-corrected chi connectivity index (χ4v) is 1.24. The summed E-state index contributed by atoms with van der Waals surface area (Å²) in [5.41, 5.74) is 1.32. The maximum absolute atomic E-state index is 4.83. The minimum Gasteiger partial charge on any atom is -0.382 e. The molecule has 0 aliphatic heterocycles. The number of hydrogen-bond acceptors (Lipinski definition) is 1. The van der Waals surface area contributed by atoms with Crippen molar-refractivity contribution in [2.45, 2.75) is 60.3 Å². The molecule has 0 saturated carbocycles. The van der Waals surface area contributed by atoms with Crippen molar-refractivity contribution in [3.63, 3.8) is 0 Å². The summed E-state index contributed by atoms with van der Waals surface area (Å²) in [6.07, 6.45) is 5.54. The van der Waals surface area contributed by atoms with Crippen LogP contribution in [0.2, 0.25) is 0 Å². The Morgan fingerprint density at radius 1 is 0.778 bits per heavy atom. The lowest BCUT2D eigenvalue weighted by Crippen LogP contribution is -1.84. The first-order valence-corrected chi connectivity index (χ1v) is 7.32. The first-order chi connectivity index (χ1) is 8.72. The molecule has 0 amide bonds. The Balaban J connectivity index is 0. The molecule has 1 aromatic carbocycles. The molecule has 18 heavy (non-hydrogen) atoms. The third-order valence-corrected chi connectivity index (χ3v) is 2.31. The lowest BCUT2D eigenvalue weighted by atomic mass is 10.2. The van der Waals surface area contributed by atoms with Crippen LogP contribution < -0.4 is 0 Å². The topological polar surface area (TPSA) is 9.23 Å². The Kier molecular flexibility index (Phi) is 20.1. The van der Waals surface area contributed by atoms with Gasteiger partial charge in [0.15, 0.2) is 0 Å². The van der Waals surface area contributed by atoms with E-state index in [0.717, 1.165) is 13.2 Å². The van der Waals surface area contributed by atoms with Crippen molar-refractivity contribution in [3.8, 4) is 0 Å². The van der Waals surface area contributed by atoms with Gasteiger partial charge in [-0.2, -0.15) is 0 Å². The van der Waals surface area contributed by atoms with Crippen LogP contribution in [0.15, 0.2) is 30.3 Å². The van der Waals surface area contributed by atoms with Gasteiger partial charge in [-0.25, -0.2) is 0 Å². The molecule has 0 N–H and O–H groups in total. The van der Waals surface area contributed by atoms with E-state index in [0.29, 0.717) is 0 Å². The highest BCUT2D eigenvalue weighted by atomic mass is 16.5. The molecule has 106 valence electrons. The van der Waals surface area contributed by atoms with E-state index in [9.17, 15) is 0 Å². The summed E-state index contributed by atoms with van der Waals surface area (Å²) in [6.45, 7) is 12.2. The normalized spacial score (nSPS) is 8.72. The van der Waals surface area contributed by atoms with Crippen LogP contribution in [0, 0.1) is 6.92 Å². The number of unbranched alkanes of at least 4 members (excludes halogenated alkanes) is 3. The number of ether oxygens (including phenoxy) is 1. The molecule has 0 radical (unpaired) electrons. The summed E-state index contributed by atoms with van der Waals surface area (Å²) in [5.74, 6) is 0. The number of rotatable bonds is 5. The second kappa shape index (κ2) is 18.5. The van der Waals surface area contributed by atoms with Gasteiger partial charge in [0.25, 0.3) is 0 Å². The third-order valence-electron chi connectivity index (χ3n) is 2.31. The molecule has 1 heteroatoms. The molecule has 1 rings (SSSR count). The van der Waals surface area contributed by atoms with E-state index >= 15 is 0 Å². The van der Waals surface area contributed by atoms with Crippen LogP contribution in [0.3, 0.4) is 0 Å². The van der Waals surface area contributed by atoms with Crippen LogP contribution in [0.25, 0.3) is 0 Å². The fourth-order valence-electron chi connectivity index (χ4n) is 1.24. The molecule has 0 spiro atoms. The Bertz CT molecular complexity index is 212. The lowest BCUT2D eigenvalue weighted by molar-refractivity contribution is 0.162. The van der Waals surface area contributed by atoms with E-state index in [1.165, 1.54) is 31.2 Å². The quantitative estimate of drug-likeness (QED) is 0.618. The van der Waals surface area contributed by atoms with E-state index in [2.05, 4.69) is 32.9 Å². The zero-order chi connectivity index (χ0) is 14.1. The van der Waals surface area contributed by atoms with E-state index < -0.39 is 0 Å². The second-order valence-corrected chi connectivity index (χ2v) is 4.14. The van der Waals surface area contributed by atoms with Crippen molar-refractivity contribution in [2.24, 2.45) is 0 Å². The summed E-state index contributed by atoms with van der Waals surface area (Å²) in [5, 5.41) is 0. The van der Waals surface area contributed by atoms with Crippen LogP contribution in [0.5, 0.6) is 0 Å². The zero-order valence-electron chi connectivity index (χ0n) is 13.0. The highest BCUT2D eigenvalue weighted by Gasteiger charge is 1.75. The van der Waals surface area contributed by atoms with Gasteiger partial charge in [0.2, 0.25) is 0 Å². The van der Waals surface area contributed by atoms with Crippen LogP contribution in [-0.4, -0.2) is 13.2 Å². The first-order valence-electron chi connectivity index (χ1n) is 7.32. The molecule has 0 saturated heterocycles. The van der Waals surface area contributed by atoms with Crippen molar-refractivity contribution < 1.29 is 4.74 Å². The van der Waals surface area contributed by atoms with Crippen molar-refractivity contribution in [1.82, 2.24) is 0 Å². The zero-order valence-corrected chi connectivity index (χ0v) is 13.0. The van der Waals surface area contributed by atoms with Gasteiger partial charge in [-0.3, -0.25) is 0 Å². The lowest BCUT2D eigenvalue weighted by Gasteiger charge is -1.86. The summed E-state index contributed by atoms with van der Waals surface area (Å²) in [6, 6.07) is 10.3. The van der Waals surface area contributed by atoms with Gasteiger partial charge in [-0.1, -0.05) is 75.4 Å². The van der Waals surface area contributed by atoms with Crippen molar-refractivity contribution in [3.05, 3.63) is 35.9 Å². The first kappa shape index (κ1) is 19.5. The highest BCUT2D eigenvalue weighted by molar-refractivity contribution is 5.11. The molecule has 0 aliphatic rings. The minimum absolute atomic E-state index is 0.844. The second-order valence-electron chi connectivity index (χ2n) is 4.14. The highest BCUT2D eigenvalue weighted by Crippen LogP contribution is 1.95. The molecule has 0 heterocycles. The molecule has 0 aliphatic carbocycles. The molecule has 1 aromatic rings. The smallest absolute Gasteiger partial charge is 0.0437 e. The third kappa shape index (κ3) is 20.6. The van der Waals surface area contributed by atoms with Gasteiger partial charge in [0, 0.05) is 13.2 Å². The van der Waals surface area contributed by atoms with E-state index in [1.54, 1.807) is 0 Å². The fraction of sp³-hybridized carbons (Fsp3) is 0.647. The predicted molar refractivity (Wildman–Crippen MR) is 83.2 cm³/mol. The summed E-state index contributed by atoms with van der Waals surface area (Å²) in [7, 11) is 0. The monoisotopic (exact) mass is 252 g/mol. The van der Waals surface area contributed by atoms with E-state index in [-0.39, 0.29) is 0 Å². The Morgan fingerprint density at radius 2 is 1.22 bits per heavy atom. The molecular weight excluding hydrogens is 220 g/mol. The largest absolute Gasteiger partial charge is 0.382 e. The van der Waals surface area contributed by atoms with Crippen molar-refractivity contribution in [1.29, 1.82) is 0 Å². The number of hydrogen-bond donors (Lipinski definition) is 0. The Labute approximate surface area is 115 Å². The maximum Gasteiger partial charge on any atom is 0.0437 e. The van der Waals surface area contributed by atoms with Gasteiger partial charge in [-0.15, -0.1) is 0 Å². The molecular formula is C17H32O. The molecule has 0 unspecified atom stereocenters. The van der Waals surface area contributed by atoms with Gasteiger partial charge >= 0.3 is 0 Å². The summed E-state index contributed by atoms with van der Waals surface area (Å²) >= 11 is 0. The average Bonchev–Trinajstić information content (AvgIpc) is 2.40. The average molecular weight is 252 g/mol. The molecule has 0 atom stereocenters. The van der Waals surface area contributed by atoms with Gasteiger partial charge in [0.05, 0.1) is 0 Å². The van der Waals surface area contributed by atoms with E-state index in [4.69, 9.17) is 4.74 Å². The maximum atomic E-state index is 4.83. The van der Waals surface area contributed by atoms with Crippen LogP contribution in [-0.2, 0) is 4.74 Å². The van der Waals surface area contributed by atoms with Crippen LogP contribution >= 0.6 is 0 Å². The van der Waals surface area contributed by atoms with Gasteiger partial charge < -0.3 is 4.74 Å². The van der Waals surface area contributed by atoms with Crippen molar-refractivity contribution in [2.75, 3.05) is 13.2 Å². The minimum atomic E-state index is 0.844. The van der Waals surface area contributed by atoms with Gasteiger partial charge in [0.1, 0.15) is 0 Å². The van der Waals surface area contributed by atoms with Crippen LogP contribution in [0.4, 0.5) is 0 Å². The predicted octanol–water partition coefficient (Wildman–Crippen LogP) is 5.62. The summed E-state index contributed by atoms with van der Waals surface area (Å²) < 4.78 is 4.83. The molecule has 1 nitrogen and oxygen atoms in total. The van der Waals surface area contributed by atoms with Gasteiger partial charge in [-0.05, 0) is 20.8 Å². The summed E-state index contributed by atoms with van der Waals surface area (Å²) in [4.78, 5) is 0. The number of benzene rings is 1. The van der Waals surface area contributed by atoms with E-state index in [1.807, 2.05) is 32.0 Å². The standard InChI is InChI=1S/C7H8.C6H14.C4H10O/c1-7-5-3-2-4-6-7;1-3-5-6-4-2;1-3-5-4-2/h2-6H,1H3;3-6H2,1-2H3;3-4H2,1-2H3.